The van der Waals surface area contributed by atoms with Gasteiger partial charge in [0.05, 0.1) is 23.5 Å². The van der Waals surface area contributed by atoms with E-state index in [0.29, 0.717) is 47.7 Å². The van der Waals surface area contributed by atoms with Crippen molar-refractivity contribution in [1.29, 1.82) is 0 Å². The highest BCUT2D eigenvalue weighted by Gasteiger charge is 2.26. The molecule has 1 fully saturated rings. The predicted molar refractivity (Wildman–Crippen MR) is 139 cm³/mol. The van der Waals surface area contributed by atoms with E-state index in [1.54, 1.807) is 35.4 Å². The van der Waals surface area contributed by atoms with Crippen molar-refractivity contribution >= 4 is 41.0 Å². The molecule has 0 aliphatic carbocycles. The summed E-state index contributed by atoms with van der Waals surface area (Å²) in [5, 5.41) is 12.6. The first-order valence-electron chi connectivity index (χ1n) is 11.7. The molecule has 1 N–H and O–H groups in total. The van der Waals surface area contributed by atoms with Gasteiger partial charge in [0.1, 0.15) is 12.3 Å². The van der Waals surface area contributed by atoms with E-state index >= 15 is 0 Å². The first kappa shape index (κ1) is 25.8. The Kier molecular flexibility index (Phi) is 8.32. The molecule has 2 aromatic heterocycles. The quantitative estimate of drug-likeness (QED) is 0.488. The van der Waals surface area contributed by atoms with Crippen molar-refractivity contribution in [2.75, 3.05) is 37.6 Å². The molecule has 0 spiro atoms. The van der Waals surface area contributed by atoms with Gasteiger partial charge in [-0.2, -0.15) is 0 Å². The molecule has 190 valence electrons. The van der Waals surface area contributed by atoms with Gasteiger partial charge in [0.2, 0.25) is 5.91 Å². The van der Waals surface area contributed by atoms with Crippen LogP contribution in [0.1, 0.15) is 19.6 Å². The van der Waals surface area contributed by atoms with Gasteiger partial charge in [-0.3, -0.25) is 4.79 Å². The lowest BCUT2D eigenvalue weighted by molar-refractivity contribution is -0.132. The summed E-state index contributed by atoms with van der Waals surface area (Å²) in [6.45, 7) is 6.20. The van der Waals surface area contributed by atoms with Crippen LogP contribution in [0.15, 0.2) is 53.1 Å². The first-order chi connectivity index (χ1) is 17.3. The van der Waals surface area contributed by atoms with Crippen LogP contribution in [0, 0.1) is 0 Å². The van der Waals surface area contributed by atoms with Crippen LogP contribution in [0.2, 0.25) is 10.0 Å². The lowest BCUT2D eigenvalue weighted by Crippen LogP contribution is -2.53. The molecule has 1 aliphatic heterocycles. The van der Waals surface area contributed by atoms with E-state index in [2.05, 4.69) is 20.4 Å². The van der Waals surface area contributed by atoms with Gasteiger partial charge in [-0.1, -0.05) is 23.2 Å². The van der Waals surface area contributed by atoms with Crippen molar-refractivity contribution in [3.63, 3.8) is 0 Å². The molecule has 3 aromatic rings. The smallest absolute Gasteiger partial charge is 0.318 e. The summed E-state index contributed by atoms with van der Waals surface area (Å²) < 4.78 is 5.38. The minimum Gasteiger partial charge on any atom is -0.467 e. The van der Waals surface area contributed by atoms with Crippen molar-refractivity contribution in [3.05, 3.63) is 64.5 Å². The Bertz CT molecular complexity index is 1180. The molecule has 0 unspecified atom stereocenters. The molecule has 36 heavy (non-hydrogen) atoms. The summed E-state index contributed by atoms with van der Waals surface area (Å²) in [6, 6.07) is 12.2. The second-order valence-corrected chi connectivity index (χ2v) is 9.65. The fourth-order valence-corrected chi connectivity index (χ4v) is 4.42. The number of urea groups is 1. The van der Waals surface area contributed by atoms with E-state index in [1.807, 2.05) is 32.0 Å². The van der Waals surface area contributed by atoms with Crippen LogP contribution in [0.5, 0.6) is 0 Å². The number of anilines is 1. The lowest BCUT2D eigenvalue weighted by atomic mass is 10.1. The molecule has 11 heteroatoms. The summed E-state index contributed by atoms with van der Waals surface area (Å²) in [5.41, 5.74) is 1.42. The van der Waals surface area contributed by atoms with E-state index in [1.165, 1.54) is 4.90 Å². The number of benzene rings is 1. The number of amides is 3. The Labute approximate surface area is 220 Å². The summed E-state index contributed by atoms with van der Waals surface area (Å²) in [7, 11) is 0. The van der Waals surface area contributed by atoms with Crippen LogP contribution < -0.4 is 10.2 Å². The van der Waals surface area contributed by atoms with Crippen LogP contribution in [0.25, 0.3) is 11.3 Å². The van der Waals surface area contributed by atoms with E-state index in [4.69, 9.17) is 27.6 Å². The summed E-state index contributed by atoms with van der Waals surface area (Å²) >= 11 is 12.3. The van der Waals surface area contributed by atoms with Crippen LogP contribution in [0.4, 0.5) is 10.6 Å². The standard InChI is InChI=1S/C25H28Cl2N6O3/c1-17(2)28-25(35)33(15-19-4-3-13-36-19)16-24(34)32-11-9-31(10-12-32)23-8-7-22(29-30-23)20-6-5-18(26)14-21(20)27/h3-8,13-14,17H,9-12,15-16H2,1-2H3,(H,28,35). The highest BCUT2D eigenvalue weighted by atomic mass is 35.5. The first-order valence-corrected chi connectivity index (χ1v) is 12.5. The fraction of sp³-hybridized carbons (Fsp3) is 0.360. The third kappa shape index (κ3) is 6.47. The molecule has 9 nitrogen and oxygen atoms in total. The topological polar surface area (TPSA) is 94.8 Å². The van der Waals surface area contributed by atoms with E-state index in [0.717, 1.165) is 11.4 Å². The van der Waals surface area contributed by atoms with E-state index in [9.17, 15) is 9.59 Å². The zero-order valence-electron chi connectivity index (χ0n) is 20.2. The summed E-state index contributed by atoms with van der Waals surface area (Å²) in [6.07, 6.45) is 1.55. The number of aromatic nitrogens is 2. The molecule has 1 saturated heterocycles. The van der Waals surface area contributed by atoms with Gasteiger partial charge in [0.25, 0.3) is 0 Å². The number of nitrogens with one attached hydrogen (secondary N) is 1. The number of halogens is 2. The van der Waals surface area contributed by atoms with Gasteiger partial charge in [-0.25, -0.2) is 4.79 Å². The molecule has 3 amide bonds. The van der Waals surface area contributed by atoms with Gasteiger partial charge in [0, 0.05) is 42.8 Å². The van der Waals surface area contributed by atoms with Crippen molar-refractivity contribution in [2.45, 2.75) is 26.4 Å². The van der Waals surface area contributed by atoms with E-state index < -0.39 is 0 Å². The summed E-state index contributed by atoms with van der Waals surface area (Å²) in [4.78, 5) is 31.0. The fourth-order valence-electron chi connectivity index (χ4n) is 3.91. The number of nitrogens with zero attached hydrogens (tertiary/aromatic N) is 5. The average molecular weight is 531 g/mol. The molecule has 4 rings (SSSR count). The molecule has 1 aliphatic rings. The molecular formula is C25H28Cl2N6O3. The third-order valence-corrected chi connectivity index (χ3v) is 6.31. The van der Waals surface area contributed by atoms with E-state index in [-0.39, 0.29) is 31.1 Å². The molecule has 0 saturated carbocycles. The zero-order chi connectivity index (χ0) is 25.7. The Hall–Kier alpha value is -3.30. The normalized spacial score (nSPS) is 13.7. The monoisotopic (exact) mass is 530 g/mol. The number of piperazine rings is 1. The molecule has 0 radical (unpaired) electrons. The number of hydrogen-bond acceptors (Lipinski definition) is 6. The van der Waals surface area contributed by atoms with Gasteiger partial charge in [-0.05, 0) is 56.3 Å². The number of rotatable bonds is 7. The number of carbonyl (C=O) groups excluding carboxylic acids is 2. The minimum atomic E-state index is -0.301. The Morgan fingerprint density at radius 2 is 1.86 bits per heavy atom. The SMILES string of the molecule is CC(C)NC(=O)N(CC(=O)N1CCN(c2ccc(-c3ccc(Cl)cc3Cl)nn2)CC1)Cc1ccco1. The Balaban J connectivity index is 1.34. The Morgan fingerprint density at radius 1 is 1.08 bits per heavy atom. The second-order valence-electron chi connectivity index (χ2n) is 8.81. The van der Waals surface area contributed by atoms with Crippen molar-refractivity contribution < 1.29 is 14.0 Å². The molecule has 0 bridgehead atoms. The zero-order valence-corrected chi connectivity index (χ0v) is 21.7. The highest BCUT2D eigenvalue weighted by molar-refractivity contribution is 6.36. The average Bonchev–Trinajstić information content (AvgIpc) is 3.37. The maximum Gasteiger partial charge on any atom is 0.318 e. The Morgan fingerprint density at radius 3 is 2.47 bits per heavy atom. The number of carbonyl (C=O) groups is 2. The molecule has 3 heterocycles. The van der Waals surface area contributed by atoms with Gasteiger partial charge < -0.3 is 24.4 Å². The second kappa shape index (κ2) is 11.6. The number of hydrogen-bond donors (Lipinski definition) is 1. The number of furan rings is 1. The maximum absolute atomic E-state index is 13.0. The molecular weight excluding hydrogens is 503 g/mol. The van der Waals surface area contributed by atoms with Crippen molar-refractivity contribution in [1.82, 2.24) is 25.3 Å². The van der Waals surface area contributed by atoms with Gasteiger partial charge >= 0.3 is 6.03 Å². The minimum absolute atomic E-state index is 0.0321. The summed E-state index contributed by atoms with van der Waals surface area (Å²) in [5.74, 6) is 1.24. The maximum atomic E-state index is 13.0. The predicted octanol–water partition coefficient (Wildman–Crippen LogP) is 4.31. The van der Waals surface area contributed by atoms with Gasteiger partial charge in [0.15, 0.2) is 5.82 Å². The van der Waals surface area contributed by atoms with Crippen molar-refractivity contribution in [2.24, 2.45) is 0 Å². The lowest BCUT2D eigenvalue weighted by Gasteiger charge is -2.36. The van der Waals surface area contributed by atoms with Gasteiger partial charge in [-0.15, -0.1) is 10.2 Å². The van der Waals surface area contributed by atoms with Crippen LogP contribution >= 0.6 is 23.2 Å². The molecule has 0 atom stereocenters. The van der Waals surface area contributed by atoms with Crippen LogP contribution in [-0.2, 0) is 11.3 Å². The van der Waals surface area contributed by atoms with Crippen molar-refractivity contribution in [3.8, 4) is 11.3 Å². The third-order valence-electron chi connectivity index (χ3n) is 5.77. The van der Waals surface area contributed by atoms with Crippen LogP contribution in [-0.4, -0.2) is 70.7 Å². The largest absolute Gasteiger partial charge is 0.467 e. The van der Waals surface area contributed by atoms with Crippen LogP contribution in [0.3, 0.4) is 0 Å². The highest BCUT2D eigenvalue weighted by Crippen LogP contribution is 2.29. The molecule has 1 aromatic carbocycles.